The fourth-order valence-electron chi connectivity index (χ4n) is 2.87. The van der Waals surface area contributed by atoms with E-state index >= 15 is 0 Å². The highest BCUT2D eigenvalue weighted by molar-refractivity contribution is 6.04. The molecule has 0 unspecified atom stereocenters. The Bertz CT molecular complexity index is 894. The monoisotopic (exact) mass is 368 g/mol. The van der Waals surface area contributed by atoms with Crippen molar-refractivity contribution >= 4 is 23.3 Å². The number of ketones is 1. The van der Waals surface area contributed by atoms with Crippen molar-refractivity contribution in [1.82, 2.24) is 0 Å². The molecule has 1 aliphatic heterocycles. The first-order valence-electron chi connectivity index (χ1n) is 8.59. The predicted octanol–water partition coefficient (Wildman–Crippen LogP) is 1.72. The molecular weight excluding hydrogens is 348 g/mol. The van der Waals surface area contributed by atoms with Gasteiger partial charge in [0.25, 0.3) is 5.91 Å². The van der Waals surface area contributed by atoms with Crippen LogP contribution in [0, 0.1) is 0 Å². The van der Waals surface area contributed by atoms with E-state index in [1.807, 2.05) is 31.2 Å². The standard InChI is InChI=1S/C20H20N2O5/c1-2-13-5-3-4-6-17(13)26-11-16(23)14-7-8-18-15(9-14)22(10-19(21)24)20(25)12-27-18/h3-9H,2,10-12H2,1H3,(H2,21,24). The van der Waals surface area contributed by atoms with Crippen molar-refractivity contribution in [3.63, 3.8) is 0 Å². The first-order valence-corrected chi connectivity index (χ1v) is 8.59. The molecule has 0 saturated carbocycles. The molecule has 3 rings (SSSR count). The second-order valence-electron chi connectivity index (χ2n) is 6.09. The van der Waals surface area contributed by atoms with Crippen LogP contribution in [-0.2, 0) is 16.0 Å². The molecule has 1 aliphatic rings. The molecule has 2 aromatic rings. The molecule has 7 nitrogen and oxygen atoms in total. The summed E-state index contributed by atoms with van der Waals surface area (Å²) >= 11 is 0. The molecule has 0 spiro atoms. The van der Waals surface area contributed by atoms with Gasteiger partial charge < -0.3 is 15.2 Å². The number of hydrogen-bond donors (Lipinski definition) is 1. The van der Waals surface area contributed by atoms with Crippen LogP contribution in [0.4, 0.5) is 5.69 Å². The minimum absolute atomic E-state index is 0.138. The molecule has 0 radical (unpaired) electrons. The van der Waals surface area contributed by atoms with Gasteiger partial charge in [0, 0.05) is 5.56 Å². The first-order chi connectivity index (χ1) is 13.0. The van der Waals surface area contributed by atoms with E-state index in [-0.39, 0.29) is 31.4 Å². The molecule has 0 fully saturated rings. The third-order valence-corrected chi connectivity index (χ3v) is 4.25. The lowest BCUT2D eigenvalue weighted by atomic mass is 10.1. The summed E-state index contributed by atoms with van der Waals surface area (Å²) in [7, 11) is 0. The van der Waals surface area contributed by atoms with Gasteiger partial charge in [0.1, 0.15) is 18.0 Å². The first kappa shape index (κ1) is 18.4. The lowest BCUT2D eigenvalue weighted by Gasteiger charge is -2.28. The fourth-order valence-corrected chi connectivity index (χ4v) is 2.87. The largest absolute Gasteiger partial charge is 0.485 e. The number of para-hydroxylation sites is 1. The molecule has 27 heavy (non-hydrogen) atoms. The summed E-state index contributed by atoms with van der Waals surface area (Å²) in [4.78, 5) is 37.1. The average molecular weight is 368 g/mol. The van der Waals surface area contributed by atoms with E-state index in [0.717, 1.165) is 12.0 Å². The Morgan fingerprint density at radius 1 is 1.22 bits per heavy atom. The Morgan fingerprint density at radius 3 is 2.74 bits per heavy atom. The molecule has 0 atom stereocenters. The highest BCUT2D eigenvalue weighted by atomic mass is 16.5. The van der Waals surface area contributed by atoms with Crippen LogP contribution in [0.15, 0.2) is 42.5 Å². The number of carbonyl (C=O) groups excluding carboxylic acids is 3. The number of hydrogen-bond acceptors (Lipinski definition) is 5. The maximum atomic E-state index is 12.6. The summed E-state index contributed by atoms with van der Waals surface area (Å²) in [6, 6.07) is 12.3. The summed E-state index contributed by atoms with van der Waals surface area (Å²) in [5, 5.41) is 0. The quantitative estimate of drug-likeness (QED) is 0.750. The number of rotatable bonds is 7. The Kier molecular flexibility index (Phi) is 5.40. The highest BCUT2D eigenvalue weighted by Crippen LogP contribution is 2.33. The Labute approximate surface area is 156 Å². The summed E-state index contributed by atoms with van der Waals surface area (Å²) in [5.74, 6) is -0.197. The third-order valence-electron chi connectivity index (χ3n) is 4.25. The van der Waals surface area contributed by atoms with Crippen molar-refractivity contribution in [1.29, 1.82) is 0 Å². The van der Waals surface area contributed by atoms with E-state index in [9.17, 15) is 14.4 Å². The molecule has 140 valence electrons. The number of anilines is 1. The van der Waals surface area contributed by atoms with E-state index in [1.54, 1.807) is 12.1 Å². The molecule has 2 aromatic carbocycles. The van der Waals surface area contributed by atoms with Crippen LogP contribution < -0.4 is 20.1 Å². The molecule has 0 aliphatic carbocycles. The minimum atomic E-state index is -0.646. The van der Waals surface area contributed by atoms with Crippen LogP contribution in [-0.4, -0.2) is 37.4 Å². The van der Waals surface area contributed by atoms with Gasteiger partial charge in [0.2, 0.25) is 5.91 Å². The number of ether oxygens (including phenoxy) is 2. The number of benzene rings is 2. The van der Waals surface area contributed by atoms with Crippen molar-refractivity contribution < 1.29 is 23.9 Å². The SMILES string of the molecule is CCc1ccccc1OCC(=O)c1ccc2c(c1)N(CC(N)=O)C(=O)CO2. The fraction of sp³-hybridized carbons (Fsp3) is 0.250. The lowest BCUT2D eigenvalue weighted by Crippen LogP contribution is -2.43. The van der Waals surface area contributed by atoms with Crippen LogP contribution in [0.2, 0.25) is 0 Å². The molecule has 1 heterocycles. The van der Waals surface area contributed by atoms with E-state index in [0.29, 0.717) is 22.7 Å². The molecular formula is C20H20N2O5. The van der Waals surface area contributed by atoms with Crippen molar-refractivity contribution in [2.24, 2.45) is 5.73 Å². The average Bonchev–Trinajstić information content (AvgIpc) is 2.68. The van der Waals surface area contributed by atoms with Gasteiger partial charge >= 0.3 is 0 Å². The smallest absolute Gasteiger partial charge is 0.265 e. The molecule has 0 aromatic heterocycles. The summed E-state index contributed by atoms with van der Waals surface area (Å²) in [6.07, 6.45) is 0.796. The minimum Gasteiger partial charge on any atom is -0.485 e. The third kappa shape index (κ3) is 4.08. The van der Waals surface area contributed by atoms with Crippen LogP contribution in [0.5, 0.6) is 11.5 Å². The van der Waals surface area contributed by atoms with Crippen LogP contribution >= 0.6 is 0 Å². The molecule has 2 N–H and O–H groups in total. The van der Waals surface area contributed by atoms with Crippen LogP contribution in [0.25, 0.3) is 0 Å². The van der Waals surface area contributed by atoms with Gasteiger partial charge in [-0.15, -0.1) is 0 Å². The zero-order valence-electron chi connectivity index (χ0n) is 14.9. The topological polar surface area (TPSA) is 98.9 Å². The number of nitrogens with two attached hydrogens (primary N) is 1. The summed E-state index contributed by atoms with van der Waals surface area (Å²) in [5.41, 5.74) is 6.94. The van der Waals surface area contributed by atoms with Crippen LogP contribution in [0.1, 0.15) is 22.8 Å². The highest BCUT2D eigenvalue weighted by Gasteiger charge is 2.27. The normalized spacial score (nSPS) is 12.9. The maximum absolute atomic E-state index is 12.6. The maximum Gasteiger partial charge on any atom is 0.265 e. The van der Waals surface area contributed by atoms with Crippen LogP contribution in [0.3, 0.4) is 0 Å². The van der Waals surface area contributed by atoms with Gasteiger partial charge in [-0.05, 0) is 36.2 Å². The van der Waals surface area contributed by atoms with Gasteiger partial charge in [-0.1, -0.05) is 25.1 Å². The number of nitrogens with zero attached hydrogens (tertiary/aromatic N) is 1. The lowest BCUT2D eigenvalue weighted by molar-refractivity contribution is -0.124. The second-order valence-corrected chi connectivity index (χ2v) is 6.09. The van der Waals surface area contributed by atoms with Gasteiger partial charge in [-0.3, -0.25) is 19.3 Å². The van der Waals surface area contributed by atoms with E-state index in [4.69, 9.17) is 15.2 Å². The van der Waals surface area contributed by atoms with E-state index < -0.39 is 5.91 Å². The second kappa shape index (κ2) is 7.90. The Hall–Kier alpha value is -3.35. The Morgan fingerprint density at radius 2 is 2.00 bits per heavy atom. The molecule has 0 bridgehead atoms. The molecule has 7 heteroatoms. The van der Waals surface area contributed by atoms with Crippen molar-refractivity contribution in [3.8, 4) is 11.5 Å². The van der Waals surface area contributed by atoms with Gasteiger partial charge in [0.15, 0.2) is 19.0 Å². The number of primary amides is 1. The number of carbonyl (C=O) groups is 3. The summed E-state index contributed by atoms with van der Waals surface area (Å²) in [6.45, 7) is 1.43. The van der Waals surface area contributed by atoms with E-state index in [2.05, 4.69) is 0 Å². The van der Waals surface area contributed by atoms with Gasteiger partial charge in [0.05, 0.1) is 5.69 Å². The zero-order chi connectivity index (χ0) is 19.4. The zero-order valence-corrected chi connectivity index (χ0v) is 14.9. The number of Topliss-reactive ketones (excluding diaryl/α,β-unsaturated/α-hetero) is 1. The Balaban J connectivity index is 1.79. The number of aryl methyl sites for hydroxylation is 1. The van der Waals surface area contributed by atoms with Crippen molar-refractivity contribution in [2.75, 3.05) is 24.7 Å². The van der Waals surface area contributed by atoms with Gasteiger partial charge in [-0.25, -0.2) is 0 Å². The van der Waals surface area contributed by atoms with E-state index in [1.165, 1.54) is 11.0 Å². The molecule has 0 saturated heterocycles. The van der Waals surface area contributed by atoms with Crippen molar-refractivity contribution in [3.05, 3.63) is 53.6 Å². The predicted molar refractivity (Wildman–Crippen MR) is 99.1 cm³/mol. The summed E-state index contributed by atoms with van der Waals surface area (Å²) < 4.78 is 11.0. The number of fused-ring (bicyclic) bond motifs is 1. The van der Waals surface area contributed by atoms with Crippen molar-refractivity contribution in [2.45, 2.75) is 13.3 Å². The van der Waals surface area contributed by atoms with Gasteiger partial charge in [-0.2, -0.15) is 0 Å². The number of amides is 2. The molecule has 2 amide bonds.